The molecule has 2 N–H and O–H groups in total. The zero-order valence-corrected chi connectivity index (χ0v) is 16.6. The summed E-state index contributed by atoms with van der Waals surface area (Å²) in [5.41, 5.74) is 7.95. The molecule has 0 bridgehead atoms. The van der Waals surface area contributed by atoms with Crippen LogP contribution in [0.5, 0.6) is 0 Å². The molecule has 0 radical (unpaired) electrons. The third kappa shape index (κ3) is 3.35. The second-order valence-electron chi connectivity index (χ2n) is 7.20. The lowest BCUT2D eigenvalue weighted by atomic mass is 9.85. The summed E-state index contributed by atoms with van der Waals surface area (Å²) in [6, 6.07) is 1.91. The summed E-state index contributed by atoms with van der Waals surface area (Å²) in [6.07, 6.45) is 7.68. The van der Waals surface area contributed by atoms with Gasteiger partial charge in [-0.3, -0.25) is 9.98 Å². The van der Waals surface area contributed by atoms with Crippen molar-refractivity contribution in [1.29, 1.82) is 0 Å². The highest BCUT2D eigenvalue weighted by Gasteiger charge is 2.55. The molecule has 1 fully saturated rings. The van der Waals surface area contributed by atoms with Gasteiger partial charge in [0, 0.05) is 23.5 Å². The van der Waals surface area contributed by atoms with E-state index in [0.717, 1.165) is 16.8 Å². The highest BCUT2D eigenvalue weighted by atomic mass is 32.2. The van der Waals surface area contributed by atoms with E-state index in [1.165, 1.54) is 11.8 Å². The minimum atomic E-state index is -2.97. The third-order valence-electron chi connectivity index (χ3n) is 4.77. The minimum absolute atomic E-state index is 0.145. The molecule has 0 aromatic carbocycles. The van der Waals surface area contributed by atoms with E-state index in [0.29, 0.717) is 11.6 Å². The molecular formula is C18H19N5O2S2. The van der Waals surface area contributed by atoms with Gasteiger partial charge in [-0.15, -0.1) is 5.92 Å². The van der Waals surface area contributed by atoms with Gasteiger partial charge in [-0.1, -0.05) is 17.7 Å². The Hall–Kier alpha value is -2.31. The Balaban J connectivity index is 1.67. The maximum absolute atomic E-state index is 11.8. The maximum atomic E-state index is 11.8. The molecule has 7 nitrogen and oxygen atoms in total. The van der Waals surface area contributed by atoms with Gasteiger partial charge in [-0.25, -0.2) is 13.1 Å². The third-order valence-corrected chi connectivity index (χ3v) is 8.29. The van der Waals surface area contributed by atoms with Crippen LogP contribution in [0.1, 0.15) is 31.4 Å². The Morgan fingerprint density at radius 3 is 2.78 bits per heavy atom. The van der Waals surface area contributed by atoms with Crippen LogP contribution < -0.4 is 5.73 Å². The summed E-state index contributed by atoms with van der Waals surface area (Å²) in [5, 5.41) is 4.87. The number of nitrogens with zero attached hydrogens (tertiary/aromatic N) is 4. The zero-order chi connectivity index (χ0) is 19.3. The van der Waals surface area contributed by atoms with E-state index in [1.54, 1.807) is 30.2 Å². The molecule has 1 saturated heterocycles. The van der Waals surface area contributed by atoms with Crippen molar-refractivity contribution in [1.82, 2.24) is 14.8 Å². The summed E-state index contributed by atoms with van der Waals surface area (Å²) < 4.78 is 24.9. The van der Waals surface area contributed by atoms with Crippen LogP contribution in [0.25, 0.3) is 5.69 Å². The molecule has 0 aliphatic carbocycles. The number of hydrogen-bond acceptors (Lipinski definition) is 7. The van der Waals surface area contributed by atoms with Crippen molar-refractivity contribution in [2.45, 2.75) is 30.6 Å². The molecule has 2 aliphatic heterocycles. The summed E-state index contributed by atoms with van der Waals surface area (Å²) in [6.45, 7) is 3.75. The monoisotopic (exact) mass is 401 g/mol. The predicted octanol–water partition coefficient (Wildman–Crippen LogP) is 1.47. The normalized spacial score (nSPS) is 25.2. The van der Waals surface area contributed by atoms with Gasteiger partial charge in [-0.05, 0) is 26.3 Å². The Labute approximate surface area is 162 Å². The molecule has 2 aromatic heterocycles. The summed E-state index contributed by atoms with van der Waals surface area (Å²) >= 11 is 1.38. The summed E-state index contributed by atoms with van der Waals surface area (Å²) in [7, 11) is -2.97. The Bertz CT molecular complexity index is 1100. The lowest BCUT2D eigenvalue weighted by Crippen LogP contribution is -2.58. The van der Waals surface area contributed by atoms with Crippen molar-refractivity contribution in [2.24, 2.45) is 10.7 Å². The van der Waals surface area contributed by atoms with Crippen molar-refractivity contribution in [2.75, 3.05) is 11.5 Å². The Kier molecular flexibility index (Phi) is 4.09. The molecule has 4 heterocycles. The van der Waals surface area contributed by atoms with Crippen molar-refractivity contribution in [3.8, 4) is 17.5 Å². The van der Waals surface area contributed by atoms with Crippen LogP contribution in [-0.2, 0) is 15.4 Å². The lowest BCUT2D eigenvalue weighted by Gasteiger charge is -2.47. The lowest BCUT2D eigenvalue weighted by molar-refractivity contribution is 0.387. The van der Waals surface area contributed by atoms with E-state index in [9.17, 15) is 8.42 Å². The van der Waals surface area contributed by atoms with Gasteiger partial charge in [-0.2, -0.15) is 5.10 Å². The smallest absolute Gasteiger partial charge is 0.155 e. The number of nitrogens with two attached hydrogens (primary N) is 1. The van der Waals surface area contributed by atoms with E-state index in [2.05, 4.69) is 26.9 Å². The van der Waals surface area contributed by atoms with Crippen LogP contribution in [0, 0.1) is 11.8 Å². The number of sulfone groups is 1. The molecule has 2 aromatic rings. The molecule has 0 amide bonds. The van der Waals surface area contributed by atoms with E-state index in [1.807, 2.05) is 19.2 Å². The number of pyridine rings is 1. The highest BCUT2D eigenvalue weighted by Crippen LogP contribution is 2.50. The average Bonchev–Trinajstić information content (AvgIpc) is 3.03. The molecule has 4 rings (SSSR count). The molecular weight excluding hydrogens is 382 g/mol. The van der Waals surface area contributed by atoms with Crippen molar-refractivity contribution >= 4 is 26.8 Å². The summed E-state index contributed by atoms with van der Waals surface area (Å²) in [5.74, 6) is 6.13. The Morgan fingerprint density at radius 1 is 1.30 bits per heavy atom. The first-order chi connectivity index (χ1) is 12.7. The van der Waals surface area contributed by atoms with Gasteiger partial charge in [0.05, 0.1) is 39.9 Å². The van der Waals surface area contributed by atoms with Crippen LogP contribution >= 0.6 is 11.8 Å². The molecule has 9 heteroatoms. The largest absolute Gasteiger partial charge is 0.378 e. The van der Waals surface area contributed by atoms with Crippen LogP contribution in [-0.4, -0.2) is 44.6 Å². The van der Waals surface area contributed by atoms with E-state index in [-0.39, 0.29) is 16.3 Å². The summed E-state index contributed by atoms with van der Waals surface area (Å²) in [4.78, 5) is 8.85. The van der Waals surface area contributed by atoms with Crippen molar-refractivity contribution in [3.63, 3.8) is 0 Å². The van der Waals surface area contributed by atoms with E-state index < -0.39 is 15.4 Å². The number of aliphatic imine (C=N–C) groups is 1. The molecule has 0 saturated carbocycles. The van der Waals surface area contributed by atoms with Gasteiger partial charge < -0.3 is 5.73 Å². The minimum Gasteiger partial charge on any atom is -0.378 e. The number of rotatable bonds is 2. The average molecular weight is 402 g/mol. The Morgan fingerprint density at radius 2 is 2.07 bits per heavy atom. The van der Waals surface area contributed by atoms with Crippen LogP contribution in [0.15, 0.2) is 35.8 Å². The molecule has 27 heavy (non-hydrogen) atoms. The fourth-order valence-corrected chi connectivity index (χ4v) is 8.10. The first-order valence-electron chi connectivity index (χ1n) is 8.41. The molecule has 1 atom stereocenters. The van der Waals surface area contributed by atoms with Gasteiger partial charge in [0.25, 0.3) is 0 Å². The van der Waals surface area contributed by atoms with E-state index >= 15 is 0 Å². The van der Waals surface area contributed by atoms with E-state index in [4.69, 9.17) is 5.73 Å². The number of aromatic nitrogens is 3. The quantitative estimate of drug-likeness (QED) is 0.765. The van der Waals surface area contributed by atoms with Gasteiger partial charge in [0.2, 0.25) is 0 Å². The fourth-order valence-electron chi connectivity index (χ4n) is 3.79. The SMILES string of the molecule is CC#Cc1cncc(-n2cc(C3(C)CC4(CS(=O)(=O)C4)SC(N)=N3)cn2)c1. The van der Waals surface area contributed by atoms with Gasteiger partial charge >= 0.3 is 0 Å². The highest BCUT2D eigenvalue weighted by molar-refractivity contribution is 8.17. The zero-order valence-electron chi connectivity index (χ0n) is 15.0. The molecule has 140 valence electrons. The topological polar surface area (TPSA) is 103 Å². The van der Waals surface area contributed by atoms with Crippen LogP contribution in [0.3, 0.4) is 0 Å². The standard InChI is InChI=1S/C18H19N5O2S2/c1-3-4-13-5-15(8-20-6-13)23-9-14(7-21-23)17(2)10-18(26-16(19)22-17)11-27(24,25)12-18/h5-9H,10-12H2,1-2H3,(H2,19,22). The van der Waals surface area contributed by atoms with Crippen LogP contribution in [0.4, 0.5) is 0 Å². The number of hydrogen-bond donors (Lipinski definition) is 1. The first kappa shape index (κ1) is 18.1. The fraction of sp³-hybridized carbons (Fsp3) is 0.389. The van der Waals surface area contributed by atoms with Crippen molar-refractivity contribution < 1.29 is 8.42 Å². The number of amidine groups is 1. The second kappa shape index (κ2) is 6.11. The molecule has 2 aliphatic rings. The maximum Gasteiger partial charge on any atom is 0.155 e. The predicted molar refractivity (Wildman–Crippen MR) is 106 cm³/mol. The first-order valence-corrected chi connectivity index (χ1v) is 11.0. The molecule has 1 unspecified atom stereocenters. The van der Waals surface area contributed by atoms with Gasteiger partial charge in [0.15, 0.2) is 15.0 Å². The van der Waals surface area contributed by atoms with Gasteiger partial charge in [0.1, 0.15) is 0 Å². The van der Waals surface area contributed by atoms with Crippen molar-refractivity contribution in [3.05, 3.63) is 42.0 Å². The number of thioether (sulfide) groups is 1. The van der Waals surface area contributed by atoms with Crippen LogP contribution in [0.2, 0.25) is 0 Å². The molecule has 1 spiro atoms. The second-order valence-corrected chi connectivity index (χ2v) is 10.8.